The molecule has 0 amide bonds. The van der Waals surface area contributed by atoms with Crippen molar-refractivity contribution in [1.29, 1.82) is 0 Å². The molecule has 2 aromatic carbocycles. The number of nitrogens with one attached hydrogen (secondary N) is 1. The quantitative estimate of drug-likeness (QED) is 0.816. The number of fused-ring (bicyclic) bond motifs is 1. The molecular formula is C18H23N. The third-order valence-corrected chi connectivity index (χ3v) is 4.34. The van der Waals surface area contributed by atoms with E-state index in [-0.39, 0.29) is 0 Å². The predicted molar refractivity (Wildman–Crippen MR) is 82.3 cm³/mol. The SMILES string of the molecule is CCCC1CC1NC(C)c1cccc2ccccc12. The van der Waals surface area contributed by atoms with Gasteiger partial charge in [-0.05, 0) is 42.0 Å². The summed E-state index contributed by atoms with van der Waals surface area (Å²) in [6.45, 7) is 4.58. The Labute approximate surface area is 116 Å². The molecule has 19 heavy (non-hydrogen) atoms. The van der Waals surface area contributed by atoms with Gasteiger partial charge in [-0.2, -0.15) is 0 Å². The molecule has 3 atom stereocenters. The Hall–Kier alpha value is -1.34. The molecule has 100 valence electrons. The van der Waals surface area contributed by atoms with Crippen LogP contribution >= 0.6 is 0 Å². The number of rotatable bonds is 5. The van der Waals surface area contributed by atoms with Crippen LogP contribution in [0.25, 0.3) is 10.8 Å². The molecule has 1 saturated carbocycles. The van der Waals surface area contributed by atoms with Gasteiger partial charge in [-0.25, -0.2) is 0 Å². The zero-order valence-corrected chi connectivity index (χ0v) is 11.9. The highest BCUT2D eigenvalue weighted by molar-refractivity contribution is 5.86. The Bertz CT molecular complexity index is 555. The zero-order chi connectivity index (χ0) is 13.2. The first kappa shape index (κ1) is 12.7. The van der Waals surface area contributed by atoms with E-state index >= 15 is 0 Å². The highest BCUT2D eigenvalue weighted by Gasteiger charge is 2.36. The summed E-state index contributed by atoms with van der Waals surface area (Å²) in [5.74, 6) is 0.919. The molecule has 0 bridgehead atoms. The first-order valence-corrected chi connectivity index (χ1v) is 7.53. The van der Waals surface area contributed by atoms with Crippen LogP contribution < -0.4 is 5.32 Å². The minimum Gasteiger partial charge on any atom is -0.307 e. The lowest BCUT2D eigenvalue weighted by Crippen LogP contribution is -2.22. The number of hydrogen-bond acceptors (Lipinski definition) is 1. The van der Waals surface area contributed by atoms with Crippen molar-refractivity contribution < 1.29 is 0 Å². The second kappa shape index (κ2) is 5.34. The second-order valence-electron chi connectivity index (χ2n) is 5.85. The lowest BCUT2D eigenvalue weighted by molar-refractivity contribution is 0.532. The van der Waals surface area contributed by atoms with E-state index in [9.17, 15) is 0 Å². The summed E-state index contributed by atoms with van der Waals surface area (Å²) in [6.07, 6.45) is 4.05. The summed E-state index contributed by atoms with van der Waals surface area (Å²) < 4.78 is 0. The third kappa shape index (κ3) is 2.66. The molecule has 1 aliphatic carbocycles. The first-order valence-electron chi connectivity index (χ1n) is 7.53. The van der Waals surface area contributed by atoms with E-state index in [1.807, 2.05) is 0 Å². The minimum atomic E-state index is 0.443. The molecule has 3 rings (SSSR count). The van der Waals surface area contributed by atoms with Crippen LogP contribution in [0.5, 0.6) is 0 Å². The number of hydrogen-bond donors (Lipinski definition) is 1. The molecule has 3 unspecified atom stereocenters. The van der Waals surface area contributed by atoms with Gasteiger partial charge in [0.25, 0.3) is 0 Å². The van der Waals surface area contributed by atoms with E-state index in [0.29, 0.717) is 6.04 Å². The van der Waals surface area contributed by atoms with Crippen molar-refractivity contribution >= 4 is 10.8 Å². The molecule has 1 aliphatic rings. The first-order chi connectivity index (χ1) is 9.29. The van der Waals surface area contributed by atoms with Gasteiger partial charge in [0.2, 0.25) is 0 Å². The van der Waals surface area contributed by atoms with Crippen LogP contribution in [-0.2, 0) is 0 Å². The summed E-state index contributed by atoms with van der Waals surface area (Å²) in [7, 11) is 0. The van der Waals surface area contributed by atoms with Gasteiger partial charge in [0.15, 0.2) is 0 Å². The molecule has 0 radical (unpaired) electrons. The molecule has 1 N–H and O–H groups in total. The van der Waals surface area contributed by atoms with Gasteiger partial charge in [-0.1, -0.05) is 55.8 Å². The van der Waals surface area contributed by atoms with Gasteiger partial charge >= 0.3 is 0 Å². The fourth-order valence-electron chi connectivity index (χ4n) is 3.18. The van der Waals surface area contributed by atoms with Gasteiger partial charge in [-0.15, -0.1) is 0 Å². The van der Waals surface area contributed by atoms with Crippen molar-refractivity contribution in [1.82, 2.24) is 5.32 Å². The minimum absolute atomic E-state index is 0.443. The molecule has 0 aliphatic heterocycles. The summed E-state index contributed by atoms with van der Waals surface area (Å²) in [4.78, 5) is 0. The van der Waals surface area contributed by atoms with E-state index in [1.54, 1.807) is 0 Å². The summed E-state index contributed by atoms with van der Waals surface area (Å²) in [6, 6.07) is 16.5. The van der Waals surface area contributed by atoms with Crippen molar-refractivity contribution in [3.05, 3.63) is 48.0 Å². The maximum absolute atomic E-state index is 3.80. The molecule has 1 heteroatoms. The lowest BCUT2D eigenvalue weighted by atomic mass is 9.99. The average Bonchev–Trinajstić information content (AvgIpc) is 3.16. The summed E-state index contributed by atoms with van der Waals surface area (Å²) in [5.41, 5.74) is 1.43. The van der Waals surface area contributed by atoms with E-state index in [4.69, 9.17) is 0 Å². The number of benzene rings is 2. The lowest BCUT2D eigenvalue weighted by Gasteiger charge is -2.16. The molecule has 2 aromatic rings. The Morgan fingerprint density at radius 3 is 2.79 bits per heavy atom. The van der Waals surface area contributed by atoms with Gasteiger partial charge < -0.3 is 5.32 Å². The van der Waals surface area contributed by atoms with E-state index in [2.05, 4.69) is 61.6 Å². The maximum Gasteiger partial charge on any atom is 0.0300 e. The molecule has 0 aromatic heterocycles. The molecular weight excluding hydrogens is 230 g/mol. The van der Waals surface area contributed by atoms with Crippen LogP contribution in [0.2, 0.25) is 0 Å². The predicted octanol–water partition coefficient (Wildman–Crippen LogP) is 4.68. The maximum atomic E-state index is 3.80. The Kier molecular flexibility index (Phi) is 3.56. The smallest absolute Gasteiger partial charge is 0.0300 e. The average molecular weight is 253 g/mol. The van der Waals surface area contributed by atoms with Crippen molar-refractivity contribution in [3.63, 3.8) is 0 Å². The summed E-state index contributed by atoms with van der Waals surface area (Å²) >= 11 is 0. The standard InChI is InChI=1S/C18H23N/c1-3-7-15-12-18(15)19-13(2)16-11-6-9-14-8-4-5-10-17(14)16/h4-6,8-11,13,15,18-19H,3,7,12H2,1-2H3. The van der Waals surface area contributed by atoms with Gasteiger partial charge in [0.05, 0.1) is 0 Å². The van der Waals surface area contributed by atoms with Crippen molar-refractivity contribution in [3.8, 4) is 0 Å². The Morgan fingerprint density at radius 2 is 1.95 bits per heavy atom. The van der Waals surface area contributed by atoms with E-state index in [0.717, 1.165) is 12.0 Å². The van der Waals surface area contributed by atoms with Crippen LogP contribution in [0.3, 0.4) is 0 Å². The normalized spacial score (nSPS) is 23.5. The van der Waals surface area contributed by atoms with E-state index in [1.165, 1.54) is 35.6 Å². The third-order valence-electron chi connectivity index (χ3n) is 4.34. The van der Waals surface area contributed by atoms with Crippen molar-refractivity contribution in [2.45, 2.75) is 45.2 Å². The van der Waals surface area contributed by atoms with Crippen molar-refractivity contribution in [2.24, 2.45) is 5.92 Å². The molecule has 0 heterocycles. The Morgan fingerprint density at radius 1 is 1.16 bits per heavy atom. The van der Waals surface area contributed by atoms with Crippen LogP contribution in [0, 0.1) is 5.92 Å². The van der Waals surface area contributed by atoms with Crippen LogP contribution in [0.4, 0.5) is 0 Å². The van der Waals surface area contributed by atoms with Crippen molar-refractivity contribution in [2.75, 3.05) is 0 Å². The summed E-state index contributed by atoms with van der Waals surface area (Å²) in [5, 5.41) is 6.53. The van der Waals surface area contributed by atoms with E-state index < -0.39 is 0 Å². The highest BCUT2D eigenvalue weighted by Crippen LogP contribution is 2.37. The zero-order valence-electron chi connectivity index (χ0n) is 11.9. The molecule has 1 nitrogen and oxygen atoms in total. The monoisotopic (exact) mass is 253 g/mol. The van der Waals surface area contributed by atoms with Crippen LogP contribution in [0.1, 0.15) is 44.7 Å². The van der Waals surface area contributed by atoms with Gasteiger partial charge in [0, 0.05) is 12.1 Å². The second-order valence-corrected chi connectivity index (χ2v) is 5.85. The molecule has 0 saturated heterocycles. The largest absolute Gasteiger partial charge is 0.307 e. The van der Waals surface area contributed by atoms with Gasteiger partial charge in [0.1, 0.15) is 0 Å². The highest BCUT2D eigenvalue weighted by atomic mass is 15.0. The molecule has 1 fully saturated rings. The Balaban J connectivity index is 1.77. The topological polar surface area (TPSA) is 12.0 Å². The fraction of sp³-hybridized carbons (Fsp3) is 0.444. The van der Waals surface area contributed by atoms with Gasteiger partial charge in [-0.3, -0.25) is 0 Å². The fourth-order valence-corrected chi connectivity index (χ4v) is 3.18. The molecule has 0 spiro atoms. The van der Waals surface area contributed by atoms with Crippen LogP contribution in [0.15, 0.2) is 42.5 Å². The van der Waals surface area contributed by atoms with Crippen LogP contribution in [-0.4, -0.2) is 6.04 Å².